The average molecular weight is 410 g/mol. The lowest BCUT2D eigenvalue weighted by molar-refractivity contribution is 0.0993. The molecule has 29 heavy (non-hydrogen) atoms. The number of ketones is 1. The van der Waals surface area contributed by atoms with E-state index in [2.05, 4.69) is 31.0 Å². The lowest BCUT2D eigenvalue weighted by Gasteiger charge is -2.19. The van der Waals surface area contributed by atoms with Crippen LogP contribution in [0.5, 0.6) is 11.5 Å². The minimum absolute atomic E-state index is 0.0262. The molecule has 7 heteroatoms. The Morgan fingerprint density at radius 3 is 2.48 bits per heavy atom. The van der Waals surface area contributed by atoms with Crippen LogP contribution >= 0.6 is 11.8 Å². The van der Waals surface area contributed by atoms with Crippen molar-refractivity contribution in [3.63, 3.8) is 0 Å². The van der Waals surface area contributed by atoms with Gasteiger partial charge in [-0.2, -0.15) is 0 Å². The maximum atomic E-state index is 12.8. The first-order chi connectivity index (χ1) is 13.8. The summed E-state index contributed by atoms with van der Waals surface area (Å²) in [5, 5.41) is 8.17. The fourth-order valence-corrected chi connectivity index (χ4v) is 3.74. The summed E-state index contributed by atoms with van der Waals surface area (Å²) in [5.41, 5.74) is 2.66. The van der Waals surface area contributed by atoms with E-state index in [0.29, 0.717) is 28.2 Å². The molecule has 0 fully saturated rings. The number of rotatable bonds is 5. The minimum Gasteiger partial charge on any atom is -0.454 e. The highest BCUT2D eigenvalue weighted by Crippen LogP contribution is 2.36. The Morgan fingerprint density at radius 1 is 1.03 bits per heavy atom. The van der Waals surface area contributed by atoms with Crippen molar-refractivity contribution < 1.29 is 18.7 Å². The number of fused-ring (bicyclic) bond motifs is 1. The monoisotopic (exact) mass is 410 g/mol. The van der Waals surface area contributed by atoms with E-state index in [1.165, 1.54) is 17.3 Å². The van der Waals surface area contributed by atoms with Crippen molar-refractivity contribution in [1.82, 2.24) is 10.2 Å². The molecule has 1 aliphatic rings. The van der Waals surface area contributed by atoms with Crippen molar-refractivity contribution in [1.29, 1.82) is 0 Å². The SMILES string of the molecule is C[C@@H](Sc1nnc(-c2ccc3c(c2)OCO3)o1)C(=O)c1ccc(C(C)(C)C)cc1. The van der Waals surface area contributed by atoms with Crippen LogP contribution in [0.15, 0.2) is 52.1 Å². The third kappa shape index (κ3) is 4.15. The molecule has 0 amide bonds. The van der Waals surface area contributed by atoms with Gasteiger partial charge in [-0.3, -0.25) is 4.79 Å². The van der Waals surface area contributed by atoms with Crippen LogP contribution in [0.1, 0.15) is 43.6 Å². The summed E-state index contributed by atoms with van der Waals surface area (Å²) in [6, 6.07) is 13.2. The van der Waals surface area contributed by atoms with Crippen LogP contribution in [-0.2, 0) is 5.41 Å². The van der Waals surface area contributed by atoms with Crippen molar-refractivity contribution in [2.75, 3.05) is 6.79 Å². The second kappa shape index (κ2) is 7.55. The molecule has 0 spiro atoms. The van der Waals surface area contributed by atoms with Gasteiger partial charge in [0, 0.05) is 11.1 Å². The molecule has 0 unspecified atom stereocenters. The van der Waals surface area contributed by atoms with Gasteiger partial charge in [0.25, 0.3) is 5.22 Å². The number of aromatic nitrogens is 2. The zero-order valence-corrected chi connectivity index (χ0v) is 17.6. The Kier molecular flexibility index (Phi) is 5.08. The smallest absolute Gasteiger partial charge is 0.277 e. The summed E-state index contributed by atoms with van der Waals surface area (Å²) in [5.74, 6) is 1.75. The van der Waals surface area contributed by atoms with E-state index in [-0.39, 0.29) is 23.2 Å². The summed E-state index contributed by atoms with van der Waals surface area (Å²) in [7, 11) is 0. The number of hydrogen-bond acceptors (Lipinski definition) is 7. The molecule has 6 nitrogen and oxygen atoms in total. The average Bonchev–Trinajstić information content (AvgIpc) is 3.35. The number of Topliss-reactive ketones (excluding diaryl/α,β-unsaturated/α-hetero) is 1. The fraction of sp³-hybridized carbons (Fsp3) is 0.318. The molecule has 0 saturated carbocycles. The molecule has 0 N–H and O–H groups in total. The number of hydrogen-bond donors (Lipinski definition) is 0. The molecular weight excluding hydrogens is 388 g/mol. The molecular formula is C22H22N2O4S. The second-order valence-electron chi connectivity index (χ2n) is 7.89. The van der Waals surface area contributed by atoms with Crippen molar-refractivity contribution in [2.24, 2.45) is 0 Å². The number of carbonyl (C=O) groups is 1. The van der Waals surface area contributed by atoms with E-state index >= 15 is 0 Å². The van der Waals surface area contributed by atoms with Crippen LogP contribution in [0.25, 0.3) is 11.5 Å². The van der Waals surface area contributed by atoms with Crippen LogP contribution in [0.4, 0.5) is 0 Å². The second-order valence-corrected chi connectivity index (χ2v) is 9.18. The Balaban J connectivity index is 1.45. The summed E-state index contributed by atoms with van der Waals surface area (Å²) in [6.45, 7) is 8.50. The molecule has 1 aliphatic heterocycles. The predicted molar refractivity (Wildman–Crippen MR) is 111 cm³/mol. The highest BCUT2D eigenvalue weighted by molar-refractivity contribution is 8.00. The van der Waals surface area contributed by atoms with Crippen LogP contribution in [0, 0.1) is 0 Å². The molecule has 1 aromatic heterocycles. The van der Waals surface area contributed by atoms with Crippen LogP contribution in [0.2, 0.25) is 0 Å². The van der Waals surface area contributed by atoms with Crippen molar-refractivity contribution >= 4 is 17.5 Å². The van der Waals surface area contributed by atoms with Gasteiger partial charge < -0.3 is 13.9 Å². The van der Waals surface area contributed by atoms with E-state index in [9.17, 15) is 4.79 Å². The number of ether oxygens (including phenoxy) is 2. The van der Waals surface area contributed by atoms with Crippen molar-refractivity contribution in [2.45, 2.75) is 43.6 Å². The molecule has 3 aromatic rings. The van der Waals surface area contributed by atoms with Gasteiger partial charge in [-0.1, -0.05) is 56.8 Å². The fourth-order valence-electron chi connectivity index (χ4n) is 2.98. The minimum atomic E-state index is -0.347. The molecule has 0 radical (unpaired) electrons. The number of benzene rings is 2. The molecule has 2 heterocycles. The maximum absolute atomic E-state index is 12.8. The maximum Gasteiger partial charge on any atom is 0.277 e. The van der Waals surface area contributed by atoms with Gasteiger partial charge in [-0.25, -0.2) is 0 Å². The summed E-state index contributed by atoms with van der Waals surface area (Å²) >= 11 is 1.25. The third-order valence-corrected chi connectivity index (χ3v) is 5.64. The Bertz CT molecular complexity index is 1040. The molecule has 150 valence electrons. The van der Waals surface area contributed by atoms with E-state index < -0.39 is 0 Å². The molecule has 0 saturated heterocycles. The molecule has 4 rings (SSSR count). The number of nitrogens with zero attached hydrogens (tertiary/aromatic N) is 2. The van der Waals surface area contributed by atoms with Gasteiger partial charge in [0.05, 0.1) is 5.25 Å². The first-order valence-corrected chi connectivity index (χ1v) is 10.2. The summed E-state index contributed by atoms with van der Waals surface area (Å²) in [4.78, 5) is 12.8. The third-order valence-electron chi connectivity index (χ3n) is 4.71. The van der Waals surface area contributed by atoms with Crippen LogP contribution in [-0.4, -0.2) is 28.0 Å². The van der Waals surface area contributed by atoms with Gasteiger partial charge in [0.1, 0.15) is 0 Å². The predicted octanol–water partition coefficient (Wildman–Crippen LogP) is 5.13. The molecule has 2 aromatic carbocycles. The van der Waals surface area contributed by atoms with Gasteiger partial charge in [-0.15, -0.1) is 10.2 Å². The Hall–Kier alpha value is -2.80. The Labute approximate surface area is 173 Å². The van der Waals surface area contributed by atoms with Gasteiger partial charge >= 0.3 is 0 Å². The standard InChI is InChI=1S/C22H22N2O4S/c1-13(19(25)14-5-8-16(9-6-14)22(2,3)4)29-21-24-23-20(28-21)15-7-10-17-18(11-15)27-12-26-17/h5-11,13H,12H2,1-4H3/t13-/m1/s1. The largest absolute Gasteiger partial charge is 0.454 e. The van der Waals surface area contributed by atoms with Crippen LogP contribution < -0.4 is 9.47 Å². The molecule has 1 atom stereocenters. The van der Waals surface area contributed by atoms with Gasteiger partial charge in [-0.05, 0) is 36.1 Å². The normalized spacial score (nSPS) is 14.1. The van der Waals surface area contributed by atoms with Crippen molar-refractivity contribution in [3.05, 3.63) is 53.6 Å². The molecule has 0 bridgehead atoms. The zero-order valence-electron chi connectivity index (χ0n) is 16.8. The van der Waals surface area contributed by atoms with E-state index in [1.54, 1.807) is 6.07 Å². The van der Waals surface area contributed by atoms with E-state index in [1.807, 2.05) is 43.3 Å². The van der Waals surface area contributed by atoms with Gasteiger partial charge in [0.2, 0.25) is 12.7 Å². The highest BCUT2D eigenvalue weighted by atomic mass is 32.2. The quantitative estimate of drug-likeness (QED) is 0.426. The van der Waals surface area contributed by atoms with E-state index in [4.69, 9.17) is 13.9 Å². The molecule has 0 aliphatic carbocycles. The lowest BCUT2D eigenvalue weighted by atomic mass is 9.86. The first kappa shape index (κ1) is 19.5. The number of carbonyl (C=O) groups excluding carboxylic acids is 1. The van der Waals surface area contributed by atoms with Gasteiger partial charge in [0.15, 0.2) is 17.3 Å². The van der Waals surface area contributed by atoms with Crippen molar-refractivity contribution in [3.8, 4) is 23.0 Å². The van der Waals surface area contributed by atoms with Crippen LogP contribution in [0.3, 0.4) is 0 Å². The first-order valence-electron chi connectivity index (χ1n) is 9.36. The topological polar surface area (TPSA) is 74.5 Å². The zero-order chi connectivity index (χ0) is 20.6. The lowest BCUT2D eigenvalue weighted by Crippen LogP contribution is -2.15. The number of thioether (sulfide) groups is 1. The summed E-state index contributed by atoms with van der Waals surface area (Å²) in [6.07, 6.45) is 0. The van der Waals surface area contributed by atoms with E-state index in [0.717, 1.165) is 5.56 Å². The summed E-state index contributed by atoms with van der Waals surface area (Å²) < 4.78 is 16.4. The Morgan fingerprint density at radius 2 is 1.76 bits per heavy atom. The highest BCUT2D eigenvalue weighted by Gasteiger charge is 2.22.